The van der Waals surface area contributed by atoms with Crippen molar-refractivity contribution in [3.63, 3.8) is 0 Å². The molecule has 0 saturated carbocycles. The molecule has 1 aliphatic rings. The first-order chi connectivity index (χ1) is 10.7. The molecule has 1 aliphatic heterocycles. The highest BCUT2D eigenvalue weighted by molar-refractivity contribution is 8.26. The van der Waals surface area contributed by atoms with Crippen LogP contribution < -0.4 is 0 Å². The first-order valence-corrected chi connectivity index (χ1v) is 8.26. The Morgan fingerprint density at radius 1 is 1.05 bits per heavy atom. The third-order valence-electron chi connectivity index (χ3n) is 3.59. The molecule has 3 rings (SSSR count). The van der Waals surface area contributed by atoms with Gasteiger partial charge in [-0.3, -0.25) is 9.69 Å². The Hall–Kier alpha value is -1.91. The molecule has 2 nitrogen and oxygen atoms in total. The lowest BCUT2D eigenvalue weighted by molar-refractivity contribution is -0.123. The minimum absolute atomic E-state index is 0.0183. The summed E-state index contributed by atoms with van der Waals surface area (Å²) in [6.45, 7) is 2.01. The number of hydrogen-bond acceptors (Lipinski definition) is 3. The first-order valence-electron chi connectivity index (χ1n) is 7.04. The van der Waals surface area contributed by atoms with Crippen molar-refractivity contribution in [2.24, 2.45) is 0 Å². The summed E-state index contributed by atoms with van der Waals surface area (Å²) < 4.78 is 0.614. The van der Waals surface area contributed by atoms with Crippen molar-refractivity contribution in [2.75, 3.05) is 0 Å². The van der Waals surface area contributed by atoms with E-state index in [1.807, 2.05) is 73.7 Å². The maximum Gasteiger partial charge on any atom is 0.266 e. The topological polar surface area (TPSA) is 20.3 Å². The van der Waals surface area contributed by atoms with Gasteiger partial charge in [-0.25, -0.2) is 0 Å². The quantitative estimate of drug-likeness (QED) is 0.605. The Morgan fingerprint density at radius 3 is 2.27 bits per heavy atom. The minimum atomic E-state index is -0.0598. The third kappa shape index (κ3) is 2.98. The van der Waals surface area contributed by atoms with Gasteiger partial charge in [0, 0.05) is 0 Å². The lowest BCUT2D eigenvalue weighted by atomic mass is 10.1. The number of thiocarbonyl (C=S) groups is 1. The highest BCUT2D eigenvalue weighted by atomic mass is 32.2. The number of carbonyl (C=O) groups is 1. The van der Waals surface area contributed by atoms with E-state index < -0.39 is 0 Å². The summed E-state index contributed by atoms with van der Waals surface area (Å²) in [4.78, 5) is 15.1. The van der Waals surface area contributed by atoms with Gasteiger partial charge in [0.05, 0.1) is 10.9 Å². The van der Waals surface area contributed by atoms with Crippen molar-refractivity contribution in [1.29, 1.82) is 0 Å². The van der Waals surface area contributed by atoms with Crippen molar-refractivity contribution in [3.05, 3.63) is 76.7 Å². The fourth-order valence-electron chi connectivity index (χ4n) is 2.39. The molecular formula is C18H15NOS2. The second-order valence-corrected chi connectivity index (χ2v) is 6.72. The number of carbonyl (C=O) groups excluding carboxylic acids is 1. The predicted molar refractivity (Wildman–Crippen MR) is 96.3 cm³/mol. The maximum atomic E-state index is 12.7. The molecule has 0 radical (unpaired) electrons. The van der Waals surface area contributed by atoms with Crippen LogP contribution in [0.3, 0.4) is 0 Å². The van der Waals surface area contributed by atoms with Gasteiger partial charge in [0.1, 0.15) is 4.32 Å². The molecular weight excluding hydrogens is 310 g/mol. The van der Waals surface area contributed by atoms with Gasteiger partial charge in [0.15, 0.2) is 0 Å². The van der Waals surface area contributed by atoms with Gasteiger partial charge in [0.2, 0.25) is 0 Å². The molecule has 1 saturated heterocycles. The lowest BCUT2D eigenvalue weighted by Gasteiger charge is -2.23. The second kappa shape index (κ2) is 6.46. The lowest BCUT2D eigenvalue weighted by Crippen LogP contribution is -2.30. The van der Waals surface area contributed by atoms with Gasteiger partial charge in [-0.1, -0.05) is 84.6 Å². The molecule has 1 fully saturated rings. The standard InChI is InChI=1S/C18H15NOS2/c1-13(15-10-6-3-7-11-15)19-17(20)16(22-18(19)21)12-14-8-4-2-5-9-14/h2-13H,1H3. The van der Waals surface area contributed by atoms with Crippen LogP contribution in [0.25, 0.3) is 6.08 Å². The van der Waals surface area contributed by atoms with Crippen molar-refractivity contribution in [3.8, 4) is 0 Å². The summed E-state index contributed by atoms with van der Waals surface area (Å²) in [5, 5.41) is 0. The van der Waals surface area contributed by atoms with Gasteiger partial charge in [0.25, 0.3) is 5.91 Å². The summed E-state index contributed by atoms with van der Waals surface area (Å²) >= 11 is 6.78. The number of thioether (sulfide) groups is 1. The van der Waals surface area contributed by atoms with Crippen LogP contribution in [0.4, 0.5) is 0 Å². The Bertz CT molecular complexity index is 725. The highest BCUT2D eigenvalue weighted by Crippen LogP contribution is 2.37. The molecule has 4 heteroatoms. The summed E-state index contributed by atoms with van der Waals surface area (Å²) in [7, 11) is 0. The number of rotatable bonds is 3. The fraction of sp³-hybridized carbons (Fsp3) is 0.111. The average Bonchev–Trinajstić information content (AvgIpc) is 2.82. The molecule has 0 aliphatic carbocycles. The van der Waals surface area contributed by atoms with Crippen molar-refractivity contribution >= 4 is 40.3 Å². The molecule has 1 heterocycles. The Kier molecular flexibility index (Phi) is 4.41. The second-order valence-electron chi connectivity index (χ2n) is 5.05. The van der Waals surface area contributed by atoms with Crippen LogP contribution in [0, 0.1) is 0 Å². The smallest absolute Gasteiger partial charge is 0.266 e. The zero-order valence-electron chi connectivity index (χ0n) is 12.1. The van der Waals surface area contributed by atoms with Gasteiger partial charge in [-0.2, -0.15) is 0 Å². The van der Waals surface area contributed by atoms with E-state index in [0.29, 0.717) is 9.23 Å². The zero-order valence-corrected chi connectivity index (χ0v) is 13.7. The average molecular weight is 325 g/mol. The predicted octanol–water partition coefficient (Wildman–Crippen LogP) is 4.65. The third-order valence-corrected chi connectivity index (χ3v) is 4.92. The van der Waals surface area contributed by atoms with Crippen LogP contribution in [-0.2, 0) is 4.79 Å². The van der Waals surface area contributed by atoms with Crippen LogP contribution in [0.15, 0.2) is 65.6 Å². The van der Waals surface area contributed by atoms with Crippen LogP contribution in [0.5, 0.6) is 0 Å². The van der Waals surface area contributed by atoms with E-state index in [9.17, 15) is 4.79 Å². The maximum absolute atomic E-state index is 12.7. The van der Waals surface area contributed by atoms with E-state index in [1.54, 1.807) is 4.90 Å². The summed E-state index contributed by atoms with van der Waals surface area (Å²) in [6, 6.07) is 19.7. The van der Waals surface area contributed by atoms with Gasteiger partial charge < -0.3 is 0 Å². The summed E-state index contributed by atoms with van der Waals surface area (Å²) in [6.07, 6.45) is 1.90. The number of hydrogen-bond donors (Lipinski definition) is 0. The molecule has 22 heavy (non-hydrogen) atoms. The Labute approximate surface area is 139 Å². The van der Waals surface area contributed by atoms with Gasteiger partial charge >= 0.3 is 0 Å². The summed E-state index contributed by atoms with van der Waals surface area (Å²) in [5.41, 5.74) is 2.09. The van der Waals surface area contributed by atoms with Crippen LogP contribution in [-0.4, -0.2) is 15.1 Å². The van der Waals surface area contributed by atoms with Gasteiger partial charge in [-0.05, 0) is 24.1 Å². The molecule has 0 bridgehead atoms. The van der Waals surface area contributed by atoms with Crippen LogP contribution in [0.2, 0.25) is 0 Å². The Balaban J connectivity index is 1.88. The van der Waals surface area contributed by atoms with Crippen LogP contribution >= 0.6 is 24.0 Å². The van der Waals surface area contributed by atoms with Crippen LogP contribution in [0.1, 0.15) is 24.1 Å². The SMILES string of the molecule is CC(c1ccccc1)N1C(=O)C(=Cc2ccccc2)SC1=S. The Morgan fingerprint density at radius 2 is 1.64 bits per heavy atom. The number of benzene rings is 2. The van der Waals surface area contributed by atoms with Crippen molar-refractivity contribution < 1.29 is 4.79 Å². The molecule has 2 aromatic carbocycles. The number of amides is 1. The minimum Gasteiger partial charge on any atom is -0.286 e. The number of nitrogens with zero attached hydrogens (tertiary/aromatic N) is 1. The van der Waals surface area contributed by atoms with Crippen molar-refractivity contribution in [1.82, 2.24) is 4.90 Å². The van der Waals surface area contributed by atoms with E-state index in [1.165, 1.54) is 11.8 Å². The highest BCUT2D eigenvalue weighted by Gasteiger charge is 2.35. The monoisotopic (exact) mass is 325 g/mol. The van der Waals surface area contributed by atoms with E-state index in [4.69, 9.17) is 12.2 Å². The molecule has 0 spiro atoms. The zero-order chi connectivity index (χ0) is 15.5. The van der Waals surface area contributed by atoms with E-state index in [-0.39, 0.29) is 11.9 Å². The molecule has 2 aromatic rings. The molecule has 110 valence electrons. The van der Waals surface area contributed by atoms with E-state index in [2.05, 4.69) is 0 Å². The summed E-state index contributed by atoms with van der Waals surface area (Å²) in [5.74, 6) is -0.0183. The largest absolute Gasteiger partial charge is 0.286 e. The van der Waals surface area contributed by atoms with E-state index >= 15 is 0 Å². The molecule has 1 amide bonds. The molecule has 1 unspecified atom stereocenters. The van der Waals surface area contributed by atoms with Crippen molar-refractivity contribution in [2.45, 2.75) is 13.0 Å². The first kappa shape index (κ1) is 15.0. The van der Waals surface area contributed by atoms with Gasteiger partial charge in [-0.15, -0.1) is 0 Å². The molecule has 1 atom stereocenters. The normalized spacial score (nSPS) is 18.0. The molecule has 0 N–H and O–H groups in total. The van der Waals surface area contributed by atoms with E-state index in [0.717, 1.165) is 11.1 Å². The molecule has 0 aromatic heterocycles. The fourth-order valence-corrected chi connectivity index (χ4v) is 3.81.